The Labute approximate surface area is 91.6 Å². The molecule has 0 unspecified atom stereocenters. The predicted molar refractivity (Wildman–Crippen MR) is 63.5 cm³/mol. The van der Waals surface area contributed by atoms with Gasteiger partial charge in [0.25, 0.3) is 0 Å². The Hall–Kier alpha value is -1.28. The summed E-state index contributed by atoms with van der Waals surface area (Å²) in [5.74, 6) is 0. The standard InChI is InChI=1S/C13H18N2/c1-2-13-11-15(9-8-14-13)10-12-6-4-3-5-7-12/h2-7,14H,8-11H2,1H3/b13-2+. The van der Waals surface area contributed by atoms with Crippen molar-refractivity contribution in [1.29, 1.82) is 0 Å². The zero-order valence-corrected chi connectivity index (χ0v) is 9.24. The second-order valence-corrected chi connectivity index (χ2v) is 3.94. The van der Waals surface area contributed by atoms with Crippen LogP contribution in [0.1, 0.15) is 12.5 Å². The molecule has 1 N–H and O–H groups in total. The molecule has 1 aromatic carbocycles. The molecule has 0 bridgehead atoms. The van der Waals surface area contributed by atoms with Crippen molar-refractivity contribution < 1.29 is 0 Å². The van der Waals surface area contributed by atoms with Crippen LogP contribution in [-0.2, 0) is 6.54 Å². The lowest BCUT2D eigenvalue weighted by Gasteiger charge is -2.29. The van der Waals surface area contributed by atoms with Gasteiger partial charge in [0.1, 0.15) is 0 Å². The average Bonchev–Trinajstić information content (AvgIpc) is 2.31. The van der Waals surface area contributed by atoms with Crippen LogP contribution in [0, 0.1) is 0 Å². The highest BCUT2D eigenvalue weighted by molar-refractivity contribution is 5.15. The van der Waals surface area contributed by atoms with Gasteiger partial charge in [0.05, 0.1) is 0 Å². The quantitative estimate of drug-likeness (QED) is 0.789. The molecule has 15 heavy (non-hydrogen) atoms. The molecule has 0 saturated carbocycles. The van der Waals surface area contributed by atoms with Crippen LogP contribution in [0.4, 0.5) is 0 Å². The third-order valence-electron chi connectivity index (χ3n) is 2.77. The van der Waals surface area contributed by atoms with Crippen molar-refractivity contribution in [1.82, 2.24) is 10.2 Å². The fraction of sp³-hybridized carbons (Fsp3) is 0.385. The van der Waals surface area contributed by atoms with Crippen LogP contribution in [-0.4, -0.2) is 24.5 Å². The van der Waals surface area contributed by atoms with E-state index in [1.807, 2.05) is 0 Å². The lowest BCUT2D eigenvalue weighted by atomic mass is 10.2. The fourth-order valence-electron chi connectivity index (χ4n) is 1.92. The zero-order valence-electron chi connectivity index (χ0n) is 9.24. The molecule has 1 saturated heterocycles. The largest absolute Gasteiger partial charge is 0.386 e. The van der Waals surface area contributed by atoms with Gasteiger partial charge in [-0.15, -0.1) is 0 Å². The van der Waals surface area contributed by atoms with Gasteiger partial charge in [-0.25, -0.2) is 0 Å². The molecular weight excluding hydrogens is 184 g/mol. The number of allylic oxidation sites excluding steroid dienone is 1. The zero-order chi connectivity index (χ0) is 10.5. The van der Waals surface area contributed by atoms with Crippen molar-refractivity contribution in [3.05, 3.63) is 47.7 Å². The van der Waals surface area contributed by atoms with Gasteiger partial charge in [0.2, 0.25) is 0 Å². The minimum absolute atomic E-state index is 1.05. The molecule has 2 rings (SSSR count). The molecule has 0 aliphatic carbocycles. The van der Waals surface area contributed by atoms with Gasteiger partial charge in [0.15, 0.2) is 0 Å². The van der Waals surface area contributed by atoms with Gasteiger partial charge in [-0.3, -0.25) is 4.90 Å². The molecule has 1 fully saturated rings. The summed E-state index contributed by atoms with van der Waals surface area (Å²) in [6.45, 7) is 6.39. The summed E-state index contributed by atoms with van der Waals surface area (Å²) in [4.78, 5) is 2.47. The Morgan fingerprint density at radius 2 is 2.13 bits per heavy atom. The van der Waals surface area contributed by atoms with E-state index in [1.165, 1.54) is 11.3 Å². The first kappa shape index (κ1) is 10.2. The Kier molecular flexibility index (Phi) is 3.41. The summed E-state index contributed by atoms with van der Waals surface area (Å²) < 4.78 is 0. The fourth-order valence-corrected chi connectivity index (χ4v) is 1.92. The maximum absolute atomic E-state index is 3.40. The van der Waals surface area contributed by atoms with E-state index in [4.69, 9.17) is 0 Å². The Morgan fingerprint density at radius 3 is 2.87 bits per heavy atom. The molecule has 1 heterocycles. The number of hydrogen-bond donors (Lipinski definition) is 1. The number of piperazine rings is 1. The smallest absolute Gasteiger partial charge is 0.0382 e. The second kappa shape index (κ2) is 4.99. The van der Waals surface area contributed by atoms with Crippen molar-refractivity contribution in [3.8, 4) is 0 Å². The normalized spacial score (nSPS) is 20.2. The van der Waals surface area contributed by atoms with Crippen LogP contribution in [0.25, 0.3) is 0 Å². The maximum atomic E-state index is 3.40. The molecule has 2 heteroatoms. The molecule has 0 aromatic heterocycles. The highest BCUT2D eigenvalue weighted by Crippen LogP contribution is 2.08. The van der Waals surface area contributed by atoms with Crippen molar-refractivity contribution in [2.45, 2.75) is 13.5 Å². The third kappa shape index (κ3) is 2.83. The van der Waals surface area contributed by atoms with Crippen LogP contribution in [0.3, 0.4) is 0 Å². The molecule has 1 aliphatic heterocycles. The lowest BCUT2D eigenvalue weighted by Crippen LogP contribution is -2.41. The van der Waals surface area contributed by atoms with Crippen molar-refractivity contribution in [2.75, 3.05) is 19.6 Å². The van der Waals surface area contributed by atoms with Crippen LogP contribution < -0.4 is 5.32 Å². The molecule has 80 valence electrons. The van der Waals surface area contributed by atoms with E-state index < -0.39 is 0 Å². The molecule has 2 nitrogen and oxygen atoms in total. The Balaban J connectivity index is 1.95. The minimum atomic E-state index is 1.05. The first-order valence-electron chi connectivity index (χ1n) is 5.54. The topological polar surface area (TPSA) is 15.3 Å². The molecule has 0 spiro atoms. The molecule has 1 aromatic rings. The highest BCUT2D eigenvalue weighted by atomic mass is 15.2. The number of rotatable bonds is 2. The molecular formula is C13H18N2. The number of hydrogen-bond acceptors (Lipinski definition) is 2. The van der Waals surface area contributed by atoms with E-state index in [0.717, 1.165) is 26.2 Å². The van der Waals surface area contributed by atoms with Gasteiger partial charge < -0.3 is 5.32 Å². The van der Waals surface area contributed by atoms with Crippen molar-refractivity contribution >= 4 is 0 Å². The predicted octanol–water partition coefficient (Wildman–Crippen LogP) is 2.00. The average molecular weight is 202 g/mol. The van der Waals surface area contributed by atoms with Crippen LogP contribution in [0.2, 0.25) is 0 Å². The summed E-state index contributed by atoms with van der Waals surface area (Å²) in [7, 11) is 0. The van der Waals surface area contributed by atoms with Gasteiger partial charge in [0, 0.05) is 31.9 Å². The molecule has 0 radical (unpaired) electrons. The van der Waals surface area contributed by atoms with Gasteiger partial charge in [-0.2, -0.15) is 0 Å². The van der Waals surface area contributed by atoms with Gasteiger partial charge in [-0.05, 0) is 12.5 Å². The van der Waals surface area contributed by atoms with E-state index in [9.17, 15) is 0 Å². The minimum Gasteiger partial charge on any atom is -0.386 e. The van der Waals surface area contributed by atoms with E-state index in [0.29, 0.717) is 0 Å². The van der Waals surface area contributed by atoms with E-state index in [-0.39, 0.29) is 0 Å². The van der Waals surface area contributed by atoms with E-state index >= 15 is 0 Å². The molecule has 1 aliphatic rings. The summed E-state index contributed by atoms with van der Waals surface area (Å²) in [6, 6.07) is 10.7. The molecule has 0 amide bonds. The number of nitrogens with zero attached hydrogens (tertiary/aromatic N) is 1. The van der Waals surface area contributed by atoms with E-state index in [2.05, 4.69) is 53.5 Å². The lowest BCUT2D eigenvalue weighted by molar-refractivity contribution is 0.258. The van der Waals surface area contributed by atoms with Crippen molar-refractivity contribution in [3.63, 3.8) is 0 Å². The first-order valence-corrected chi connectivity index (χ1v) is 5.54. The van der Waals surface area contributed by atoms with Crippen LogP contribution >= 0.6 is 0 Å². The van der Waals surface area contributed by atoms with Crippen LogP contribution in [0.5, 0.6) is 0 Å². The highest BCUT2D eigenvalue weighted by Gasteiger charge is 2.12. The maximum Gasteiger partial charge on any atom is 0.0382 e. The van der Waals surface area contributed by atoms with Gasteiger partial charge >= 0.3 is 0 Å². The summed E-state index contributed by atoms with van der Waals surface area (Å²) in [5.41, 5.74) is 2.74. The number of nitrogens with one attached hydrogen (secondary N) is 1. The Morgan fingerprint density at radius 1 is 1.33 bits per heavy atom. The van der Waals surface area contributed by atoms with Crippen molar-refractivity contribution in [2.24, 2.45) is 0 Å². The monoisotopic (exact) mass is 202 g/mol. The second-order valence-electron chi connectivity index (χ2n) is 3.94. The summed E-state index contributed by atoms with van der Waals surface area (Å²) in [6.07, 6.45) is 2.16. The summed E-state index contributed by atoms with van der Waals surface area (Å²) >= 11 is 0. The van der Waals surface area contributed by atoms with E-state index in [1.54, 1.807) is 0 Å². The van der Waals surface area contributed by atoms with Crippen LogP contribution in [0.15, 0.2) is 42.1 Å². The number of benzene rings is 1. The summed E-state index contributed by atoms with van der Waals surface area (Å²) in [5, 5.41) is 3.40. The SMILES string of the molecule is C/C=C1\CN(Cc2ccccc2)CCN1. The third-order valence-corrected chi connectivity index (χ3v) is 2.77. The first-order chi connectivity index (χ1) is 7.38. The Bertz CT molecular complexity index is 330. The molecule has 0 atom stereocenters. The van der Waals surface area contributed by atoms with Gasteiger partial charge in [-0.1, -0.05) is 36.4 Å².